The second kappa shape index (κ2) is 6.75. The van der Waals surface area contributed by atoms with Gasteiger partial charge in [0, 0.05) is 12.6 Å². The van der Waals surface area contributed by atoms with Crippen LogP contribution >= 0.6 is 0 Å². The molecule has 0 aromatic heterocycles. The molecular weight excluding hydrogens is 210 g/mol. The molecule has 0 aromatic rings. The van der Waals surface area contributed by atoms with Gasteiger partial charge in [0.1, 0.15) is 0 Å². The maximum atomic E-state index is 6.01. The Morgan fingerprint density at radius 3 is 2.29 bits per heavy atom. The van der Waals surface area contributed by atoms with Crippen molar-refractivity contribution in [1.29, 1.82) is 0 Å². The van der Waals surface area contributed by atoms with E-state index in [2.05, 4.69) is 39.9 Å². The maximum Gasteiger partial charge on any atom is 0.0775 e. The molecule has 1 rings (SSSR count). The summed E-state index contributed by atoms with van der Waals surface area (Å²) in [5.41, 5.74) is 0.215. The quantitative estimate of drug-likeness (QED) is 0.701. The van der Waals surface area contributed by atoms with Gasteiger partial charge in [0.05, 0.1) is 6.10 Å². The first-order valence-electron chi connectivity index (χ1n) is 7.34. The summed E-state index contributed by atoms with van der Waals surface area (Å²) in [7, 11) is 0. The van der Waals surface area contributed by atoms with E-state index in [0.717, 1.165) is 19.1 Å². The average Bonchev–Trinajstić information content (AvgIpc) is 3.03. The van der Waals surface area contributed by atoms with Crippen LogP contribution < -0.4 is 5.32 Å². The SMILES string of the molecule is CCNC(CCC1CC1)C(OCC)C(C)(C)C. The highest BCUT2D eigenvalue weighted by Gasteiger charge is 2.33. The van der Waals surface area contributed by atoms with Crippen molar-refractivity contribution in [3.05, 3.63) is 0 Å². The lowest BCUT2D eigenvalue weighted by Crippen LogP contribution is -2.48. The van der Waals surface area contributed by atoms with Crippen LogP contribution in [-0.2, 0) is 4.74 Å². The van der Waals surface area contributed by atoms with Crippen molar-refractivity contribution in [1.82, 2.24) is 5.32 Å². The Bertz CT molecular complexity index is 205. The van der Waals surface area contributed by atoms with Gasteiger partial charge in [-0.15, -0.1) is 0 Å². The van der Waals surface area contributed by atoms with E-state index in [-0.39, 0.29) is 5.41 Å². The number of hydrogen-bond acceptors (Lipinski definition) is 2. The lowest BCUT2D eigenvalue weighted by Gasteiger charge is -2.37. The summed E-state index contributed by atoms with van der Waals surface area (Å²) in [4.78, 5) is 0. The fourth-order valence-electron chi connectivity index (χ4n) is 2.59. The zero-order chi connectivity index (χ0) is 12.9. The molecule has 1 aliphatic carbocycles. The van der Waals surface area contributed by atoms with E-state index in [1.54, 1.807) is 0 Å². The first kappa shape index (κ1) is 15.0. The smallest absolute Gasteiger partial charge is 0.0775 e. The molecule has 2 heteroatoms. The zero-order valence-electron chi connectivity index (χ0n) is 12.4. The molecule has 2 atom stereocenters. The van der Waals surface area contributed by atoms with Gasteiger partial charge in [-0.05, 0) is 37.6 Å². The summed E-state index contributed by atoms with van der Waals surface area (Å²) in [5, 5.41) is 3.63. The van der Waals surface area contributed by atoms with Crippen LogP contribution in [0.4, 0.5) is 0 Å². The molecule has 0 heterocycles. The molecule has 0 spiro atoms. The van der Waals surface area contributed by atoms with Gasteiger partial charge in [0.25, 0.3) is 0 Å². The highest BCUT2D eigenvalue weighted by atomic mass is 16.5. The minimum atomic E-state index is 0.215. The van der Waals surface area contributed by atoms with E-state index in [9.17, 15) is 0 Å². The van der Waals surface area contributed by atoms with Crippen molar-refractivity contribution in [3.8, 4) is 0 Å². The molecule has 0 bridgehead atoms. The van der Waals surface area contributed by atoms with E-state index < -0.39 is 0 Å². The van der Waals surface area contributed by atoms with Crippen LogP contribution in [0.5, 0.6) is 0 Å². The van der Waals surface area contributed by atoms with Crippen LogP contribution in [0.3, 0.4) is 0 Å². The molecule has 1 fully saturated rings. The summed E-state index contributed by atoms with van der Waals surface area (Å²) in [6.45, 7) is 13.0. The molecule has 1 N–H and O–H groups in total. The molecule has 1 aliphatic rings. The van der Waals surface area contributed by atoms with E-state index in [1.165, 1.54) is 25.7 Å². The Morgan fingerprint density at radius 2 is 1.88 bits per heavy atom. The van der Waals surface area contributed by atoms with E-state index in [0.29, 0.717) is 12.1 Å². The van der Waals surface area contributed by atoms with Gasteiger partial charge in [-0.25, -0.2) is 0 Å². The number of likely N-dealkylation sites (N-methyl/N-ethyl adjacent to an activating group) is 1. The van der Waals surface area contributed by atoms with Gasteiger partial charge in [0.15, 0.2) is 0 Å². The summed E-state index contributed by atoms with van der Waals surface area (Å²) < 4.78 is 6.01. The Labute approximate surface area is 108 Å². The molecule has 0 saturated heterocycles. The largest absolute Gasteiger partial charge is 0.376 e. The number of ether oxygens (including phenoxy) is 1. The van der Waals surface area contributed by atoms with Crippen molar-refractivity contribution < 1.29 is 4.74 Å². The van der Waals surface area contributed by atoms with Gasteiger partial charge in [-0.1, -0.05) is 40.5 Å². The van der Waals surface area contributed by atoms with Crippen molar-refractivity contribution in [2.45, 2.75) is 72.4 Å². The summed E-state index contributed by atoms with van der Waals surface area (Å²) in [6.07, 6.45) is 5.87. The Hall–Kier alpha value is -0.0800. The standard InChI is InChI=1S/C15H31NO/c1-6-16-13(11-10-12-8-9-12)14(17-7-2)15(3,4)5/h12-14,16H,6-11H2,1-5H3. The molecule has 0 amide bonds. The summed E-state index contributed by atoms with van der Waals surface area (Å²) >= 11 is 0. The third-order valence-corrected chi connectivity index (χ3v) is 3.61. The van der Waals surface area contributed by atoms with Crippen molar-refractivity contribution in [3.63, 3.8) is 0 Å². The molecule has 0 radical (unpaired) electrons. The third kappa shape index (κ3) is 5.39. The van der Waals surface area contributed by atoms with Crippen LogP contribution in [0.25, 0.3) is 0 Å². The Morgan fingerprint density at radius 1 is 1.24 bits per heavy atom. The number of rotatable bonds is 8. The van der Waals surface area contributed by atoms with Gasteiger partial charge >= 0.3 is 0 Å². The molecule has 102 valence electrons. The first-order chi connectivity index (χ1) is 7.99. The highest BCUT2D eigenvalue weighted by Crippen LogP contribution is 2.35. The average molecular weight is 241 g/mol. The Balaban J connectivity index is 2.54. The molecule has 17 heavy (non-hydrogen) atoms. The topological polar surface area (TPSA) is 21.3 Å². The molecule has 2 nitrogen and oxygen atoms in total. The maximum absolute atomic E-state index is 6.01. The monoisotopic (exact) mass is 241 g/mol. The van der Waals surface area contributed by atoms with Crippen molar-refractivity contribution in [2.75, 3.05) is 13.2 Å². The lowest BCUT2D eigenvalue weighted by atomic mass is 9.82. The van der Waals surface area contributed by atoms with Gasteiger partial charge in [-0.3, -0.25) is 0 Å². The summed E-state index contributed by atoms with van der Waals surface area (Å²) in [5.74, 6) is 1.01. The molecule has 1 saturated carbocycles. The first-order valence-corrected chi connectivity index (χ1v) is 7.34. The van der Waals surface area contributed by atoms with Crippen molar-refractivity contribution in [2.24, 2.45) is 11.3 Å². The minimum Gasteiger partial charge on any atom is -0.376 e. The zero-order valence-corrected chi connectivity index (χ0v) is 12.4. The molecule has 2 unspecified atom stereocenters. The van der Waals surface area contributed by atoms with Crippen LogP contribution in [0.2, 0.25) is 0 Å². The van der Waals surface area contributed by atoms with E-state index in [4.69, 9.17) is 4.74 Å². The van der Waals surface area contributed by atoms with Crippen LogP contribution in [0.15, 0.2) is 0 Å². The molecular formula is C15H31NO. The van der Waals surface area contributed by atoms with Crippen LogP contribution in [-0.4, -0.2) is 25.3 Å². The fourth-order valence-corrected chi connectivity index (χ4v) is 2.59. The normalized spacial score (nSPS) is 20.3. The second-order valence-corrected chi connectivity index (χ2v) is 6.43. The van der Waals surface area contributed by atoms with Crippen LogP contribution in [0, 0.1) is 11.3 Å². The van der Waals surface area contributed by atoms with Gasteiger partial charge in [0.2, 0.25) is 0 Å². The second-order valence-electron chi connectivity index (χ2n) is 6.43. The summed E-state index contributed by atoms with van der Waals surface area (Å²) in [6, 6.07) is 0.514. The fraction of sp³-hybridized carbons (Fsp3) is 1.00. The van der Waals surface area contributed by atoms with E-state index in [1.807, 2.05) is 0 Å². The molecule has 0 aromatic carbocycles. The van der Waals surface area contributed by atoms with Crippen LogP contribution in [0.1, 0.15) is 60.3 Å². The van der Waals surface area contributed by atoms with Gasteiger partial charge < -0.3 is 10.1 Å². The third-order valence-electron chi connectivity index (χ3n) is 3.61. The predicted octanol–water partition coefficient (Wildman–Crippen LogP) is 3.61. The molecule has 0 aliphatic heterocycles. The predicted molar refractivity (Wildman–Crippen MR) is 74.3 cm³/mol. The van der Waals surface area contributed by atoms with Gasteiger partial charge in [-0.2, -0.15) is 0 Å². The lowest BCUT2D eigenvalue weighted by molar-refractivity contribution is -0.0376. The van der Waals surface area contributed by atoms with E-state index >= 15 is 0 Å². The van der Waals surface area contributed by atoms with Crippen molar-refractivity contribution >= 4 is 0 Å². The number of nitrogens with one attached hydrogen (secondary N) is 1. The number of hydrogen-bond donors (Lipinski definition) is 1. The Kier molecular flexibility index (Phi) is 5.94. The highest BCUT2D eigenvalue weighted by molar-refractivity contribution is 4.88. The minimum absolute atomic E-state index is 0.215.